The summed E-state index contributed by atoms with van der Waals surface area (Å²) in [5.41, 5.74) is 5.48. The van der Waals surface area contributed by atoms with Gasteiger partial charge >= 0.3 is 0 Å². The van der Waals surface area contributed by atoms with E-state index in [2.05, 4.69) is 11.9 Å². The lowest BCUT2D eigenvalue weighted by Gasteiger charge is -2.09. The monoisotopic (exact) mass is 110 g/mol. The summed E-state index contributed by atoms with van der Waals surface area (Å²) in [5, 5.41) is 0. The predicted octanol–water partition coefficient (Wildman–Crippen LogP) is 0.897. The van der Waals surface area contributed by atoms with Gasteiger partial charge in [0.15, 0.2) is 0 Å². The largest absolute Gasteiger partial charge is 0.387 e. The number of amidine groups is 1. The SMILES string of the molecule is CC1CC=CN=C1N. The van der Waals surface area contributed by atoms with Crippen LogP contribution in [0.2, 0.25) is 0 Å². The molecule has 0 amide bonds. The average Bonchev–Trinajstić information content (AvgIpc) is 1.77. The Labute approximate surface area is 49.1 Å². The molecule has 0 aliphatic carbocycles. The molecule has 0 fully saturated rings. The molecule has 1 aliphatic heterocycles. The first kappa shape index (κ1) is 5.35. The van der Waals surface area contributed by atoms with Gasteiger partial charge in [-0.25, -0.2) is 4.99 Å². The maximum atomic E-state index is 5.48. The average molecular weight is 110 g/mol. The summed E-state index contributed by atoms with van der Waals surface area (Å²) < 4.78 is 0. The molecule has 1 atom stereocenters. The lowest BCUT2D eigenvalue weighted by atomic mass is 10.1. The molecule has 2 nitrogen and oxygen atoms in total. The third kappa shape index (κ3) is 0.886. The van der Waals surface area contributed by atoms with E-state index in [0.717, 1.165) is 12.3 Å². The van der Waals surface area contributed by atoms with E-state index >= 15 is 0 Å². The molecule has 2 N–H and O–H groups in total. The van der Waals surface area contributed by atoms with Crippen LogP contribution in [0.1, 0.15) is 13.3 Å². The zero-order valence-corrected chi connectivity index (χ0v) is 4.96. The van der Waals surface area contributed by atoms with Crippen molar-refractivity contribution in [1.29, 1.82) is 0 Å². The maximum Gasteiger partial charge on any atom is 0.102 e. The number of rotatable bonds is 0. The van der Waals surface area contributed by atoms with Gasteiger partial charge in [0.1, 0.15) is 5.84 Å². The second-order valence-corrected chi connectivity index (χ2v) is 2.08. The lowest BCUT2D eigenvalue weighted by molar-refractivity contribution is 0.768. The minimum atomic E-state index is 0.444. The highest BCUT2D eigenvalue weighted by Crippen LogP contribution is 2.07. The van der Waals surface area contributed by atoms with Gasteiger partial charge in [-0.1, -0.05) is 13.0 Å². The number of allylic oxidation sites excluding steroid dienone is 1. The Bertz CT molecular complexity index is 135. The van der Waals surface area contributed by atoms with E-state index in [-0.39, 0.29) is 0 Å². The highest BCUT2D eigenvalue weighted by molar-refractivity contribution is 5.83. The topological polar surface area (TPSA) is 38.4 Å². The minimum Gasteiger partial charge on any atom is -0.387 e. The van der Waals surface area contributed by atoms with Gasteiger partial charge in [-0.2, -0.15) is 0 Å². The van der Waals surface area contributed by atoms with E-state index in [1.54, 1.807) is 6.20 Å². The summed E-state index contributed by atoms with van der Waals surface area (Å²) in [6.07, 6.45) is 4.83. The lowest BCUT2D eigenvalue weighted by Crippen LogP contribution is -2.21. The number of hydrogen-bond donors (Lipinski definition) is 1. The summed E-state index contributed by atoms with van der Waals surface area (Å²) in [6, 6.07) is 0. The second kappa shape index (κ2) is 1.99. The van der Waals surface area contributed by atoms with Gasteiger partial charge in [0.25, 0.3) is 0 Å². The molecule has 1 heterocycles. The van der Waals surface area contributed by atoms with Crippen molar-refractivity contribution in [2.24, 2.45) is 16.6 Å². The fourth-order valence-corrected chi connectivity index (χ4v) is 0.652. The molecular formula is C6H10N2. The number of aliphatic imine (C=N–C) groups is 1. The third-order valence-electron chi connectivity index (χ3n) is 1.32. The number of nitrogens with two attached hydrogens (primary N) is 1. The minimum absolute atomic E-state index is 0.444. The van der Waals surface area contributed by atoms with E-state index in [1.807, 2.05) is 6.08 Å². The predicted molar refractivity (Wildman–Crippen MR) is 34.5 cm³/mol. The molecule has 1 rings (SSSR count). The first-order valence-corrected chi connectivity index (χ1v) is 2.79. The zero-order valence-electron chi connectivity index (χ0n) is 4.96. The van der Waals surface area contributed by atoms with Gasteiger partial charge in [-0.3, -0.25) is 0 Å². The molecule has 0 aromatic heterocycles. The van der Waals surface area contributed by atoms with Gasteiger partial charge in [0, 0.05) is 12.1 Å². The van der Waals surface area contributed by atoms with Crippen LogP contribution in [0.3, 0.4) is 0 Å². The molecule has 1 aliphatic rings. The Kier molecular flexibility index (Phi) is 1.33. The summed E-state index contributed by atoms with van der Waals surface area (Å²) in [5.74, 6) is 1.20. The molecular weight excluding hydrogens is 100 g/mol. The highest BCUT2D eigenvalue weighted by atomic mass is 14.8. The fraction of sp³-hybridized carbons (Fsp3) is 0.500. The van der Waals surface area contributed by atoms with Gasteiger partial charge in [0.05, 0.1) is 0 Å². The first-order valence-electron chi connectivity index (χ1n) is 2.79. The van der Waals surface area contributed by atoms with Gasteiger partial charge in [-0.05, 0) is 6.42 Å². The van der Waals surface area contributed by atoms with Crippen LogP contribution in [0.15, 0.2) is 17.3 Å². The van der Waals surface area contributed by atoms with Crippen LogP contribution < -0.4 is 5.73 Å². The highest BCUT2D eigenvalue weighted by Gasteiger charge is 2.05. The maximum absolute atomic E-state index is 5.48. The van der Waals surface area contributed by atoms with E-state index < -0.39 is 0 Å². The standard InChI is InChI=1S/C6H10N2/c1-5-3-2-4-8-6(5)7/h2,4-5H,3H2,1H3,(H2,7,8). The normalized spacial score (nSPS) is 27.6. The Hall–Kier alpha value is -0.790. The molecule has 1 unspecified atom stereocenters. The Morgan fingerprint density at radius 3 is 3.00 bits per heavy atom. The third-order valence-corrected chi connectivity index (χ3v) is 1.32. The summed E-state index contributed by atoms with van der Waals surface area (Å²) in [6.45, 7) is 2.07. The molecule has 0 aromatic rings. The van der Waals surface area contributed by atoms with E-state index in [0.29, 0.717) is 5.92 Å². The molecule has 0 spiro atoms. The molecule has 0 radical (unpaired) electrons. The van der Waals surface area contributed by atoms with Crippen LogP contribution >= 0.6 is 0 Å². The summed E-state index contributed by atoms with van der Waals surface area (Å²) >= 11 is 0. The van der Waals surface area contributed by atoms with Gasteiger partial charge in [-0.15, -0.1) is 0 Å². The molecule has 0 aromatic carbocycles. The Morgan fingerprint density at radius 1 is 1.88 bits per heavy atom. The van der Waals surface area contributed by atoms with Crippen molar-refractivity contribution < 1.29 is 0 Å². The van der Waals surface area contributed by atoms with Gasteiger partial charge in [0.2, 0.25) is 0 Å². The Morgan fingerprint density at radius 2 is 2.62 bits per heavy atom. The van der Waals surface area contributed by atoms with E-state index in [1.165, 1.54) is 0 Å². The van der Waals surface area contributed by atoms with Crippen molar-refractivity contribution in [2.75, 3.05) is 0 Å². The first-order chi connectivity index (χ1) is 3.80. The van der Waals surface area contributed by atoms with Crippen LogP contribution in [0.25, 0.3) is 0 Å². The van der Waals surface area contributed by atoms with Crippen molar-refractivity contribution in [2.45, 2.75) is 13.3 Å². The second-order valence-electron chi connectivity index (χ2n) is 2.08. The van der Waals surface area contributed by atoms with Crippen molar-refractivity contribution in [3.8, 4) is 0 Å². The summed E-state index contributed by atoms with van der Waals surface area (Å²) in [7, 11) is 0. The molecule has 0 bridgehead atoms. The quantitative estimate of drug-likeness (QED) is 0.494. The number of hydrogen-bond acceptors (Lipinski definition) is 2. The van der Waals surface area contributed by atoms with E-state index in [4.69, 9.17) is 5.73 Å². The molecule has 8 heavy (non-hydrogen) atoms. The molecule has 0 saturated heterocycles. The van der Waals surface area contributed by atoms with Crippen LogP contribution in [-0.4, -0.2) is 5.84 Å². The summed E-state index contributed by atoms with van der Waals surface area (Å²) in [4.78, 5) is 3.92. The van der Waals surface area contributed by atoms with Crippen molar-refractivity contribution >= 4 is 5.84 Å². The Balaban J connectivity index is 2.66. The van der Waals surface area contributed by atoms with Gasteiger partial charge < -0.3 is 5.73 Å². The van der Waals surface area contributed by atoms with Crippen molar-refractivity contribution in [3.63, 3.8) is 0 Å². The van der Waals surface area contributed by atoms with Crippen molar-refractivity contribution in [3.05, 3.63) is 12.3 Å². The number of nitrogens with zero attached hydrogens (tertiary/aromatic N) is 1. The van der Waals surface area contributed by atoms with Crippen molar-refractivity contribution in [1.82, 2.24) is 0 Å². The molecule has 0 saturated carbocycles. The smallest absolute Gasteiger partial charge is 0.102 e. The molecule has 44 valence electrons. The molecule has 2 heteroatoms. The van der Waals surface area contributed by atoms with E-state index in [9.17, 15) is 0 Å². The van der Waals surface area contributed by atoms with Crippen LogP contribution in [-0.2, 0) is 0 Å². The van der Waals surface area contributed by atoms with Crippen LogP contribution in [0, 0.1) is 5.92 Å². The fourth-order valence-electron chi connectivity index (χ4n) is 0.652. The van der Waals surface area contributed by atoms with Crippen LogP contribution in [0.4, 0.5) is 0 Å². The zero-order chi connectivity index (χ0) is 5.98. The van der Waals surface area contributed by atoms with Crippen LogP contribution in [0.5, 0.6) is 0 Å².